The predicted molar refractivity (Wildman–Crippen MR) is 283 cm³/mol. The fourth-order valence-corrected chi connectivity index (χ4v) is 8.73. The molecule has 0 rings (SSSR count). The Morgan fingerprint density at radius 3 is 1.25 bits per heavy atom. The Bertz CT molecular complexity index is 1060. The summed E-state index contributed by atoms with van der Waals surface area (Å²) in [5, 5.41) is 23.3. The van der Waals surface area contributed by atoms with Crippen LogP contribution in [-0.2, 0) is 14.3 Å². The Kier molecular flexibility index (Phi) is 53.1. The zero-order chi connectivity index (χ0) is 47.2. The fraction of sp³-hybridized carbons (Fsp3) is 0.864. The number of nitrogens with one attached hydrogen (secondary N) is 1. The van der Waals surface area contributed by atoms with Gasteiger partial charge in [-0.25, -0.2) is 0 Å². The first kappa shape index (κ1) is 63.1. The Balaban J connectivity index is 3.52. The number of aliphatic hydroxyl groups excluding tert-OH is 2. The highest BCUT2D eigenvalue weighted by Crippen LogP contribution is 2.17. The quantitative estimate of drug-likeness (QED) is 0.0321. The van der Waals surface area contributed by atoms with Crippen LogP contribution in [0.2, 0.25) is 0 Å². The minimum atomic E-state index is -0.697. The van der Waals surface area contributed by atoms with E-state index in [1.165, 1.54) is 193 Å². The molecule has 0 aromatic rings. The zero-order valence-electron chi connectivity index (χ0n) is 43.5. The van der Waals surface area contributed by atoms with E-state index in [1.54, 1.807) is 0 Å². The van der Waals surface area contributed by atoms with Gasteiger partial charge in [-0.15, -0.1) is 0 Å². The Labute approximate surface area is 404 Å². The summed E-state index contributed by atoms with van der Waals surface area (Å²) in [6.45, 7) is 4.85. The molecule has 6 nitrogen and oxygen atoms in total. The molecule has 0 aromatic heterocycles. The summed E-state index contributed by atoms with van der Waals surface area (Å²) in [5.41, 5.74) is 0. The molecule has 0 radical (unpaired) electrons. The maximum atomic E-state index is 12.5. The average molecular weight is 915 g/mol. The van der Waals surface area contributed by atoms with Crippen molar-refractivity contribution in [3.05, 3.63) is 36.5 Å². The molecule has 0 aliphatic carbocycles. The van der Waals surface area contributed by atoms with E-state index in [0.29, 0.717) is 25.9 Å². The number of aliphatic hydroxyl groups is 2. The van der Waals surface area contributed by atoms with Crippen LogP contribution >= 0.6 is 0 Å². The molecule has 0 saturated carbocycles. The second-order valence-electron chi connectivity index (χ2n) is 19.6. The van der Waals surface area contributed by atoms with E-state index in [9.17, 15) is 19.8 Å². The summed E-state index contributed by atoms with van der Waals surface area (Å²) < 4.78 is 5.45. The number of hydrogen-bond acceptors (Lipinski definition) is 5. The number of allylic oxidation sites excluding steroid dienone is 6. The van der Waals surface area contributed by atoms with Crippen molar-refractivity contribution in [2.45, 2.75) is 315 Å². The van der Waals surface area contributed by atoms with Gasteiger partial charge >= 0.3 is 5.97 Å². The van der Waals surface area contributed by atoms with E-state index >= 15 is 0 Å². The standard InChI is InChI=1S/C59H111NO5/c1-3-5-7-9-11-13-15-17-19-21-22-23-24-25-27-28-30-32-35-39-43-47-51-57(62)56(55-61)60-58(63)52-48-44-40-36-34-38-42-46-50-54-65-59(64)53-49-45-41-37-33-31-29-26-20-18-16-14-12-10-8-6-4-2/h12,14,18,20,36,40,56-57,61-62H,3-11,13,15-17,19,21-35,37-39,41-55H2,1-2H3,(H,60,63)/b14-12-,20-18-,40-36-. The summed E-state index contributed by atoms with van der Waals surface area (Å²) in [7, 11) is 0. The van der Waals surface area contributed by atoms with Gasteiger partial charge in [0.25, 0.3) is 0 Å². The number of rotatable bonds is 53. The topological polar surface area (TPSA) is 95.9 Å². The summed E-state index contributed by atoms with van der Waals surface area (Å²) in [5.74, 6) is -0.137. The van der Waals surface area contributed by atoms with Crippen LogP contribution in [0.25, 0.3) is 0 Å². The van der Waals surface area contributed by atoms with E-state index in [-0.39, 0.29) is 18.5 Å². The van der Waals surface area contributed by atoms with Crippen molar-refractivity contribution in [3.8, 4) is 0 Å². The summed E-state index contributed by atoms with van der Waals surface area (Å²) in [6, 6.07) is -0.581. The Morgan fingerprint density at radius 1 is 0.431 bits per heavy atom. The van der Waals surface area contributed by atoms with Crippen LogP contribution < -0.4 is 5.32 Å². The van der Waals surface area contributed by atoms with Gasteiger partial charge in [-0.05, 0) is 77.0 Å². The largest absolute Gasteiger partial charge is 0.466 e. The van der Waals surface area contributed by atoms with Crippen molar-refractivity contribution in [2.75, 3.05) is 13.2 Å². The molecule has 6 heteroatoms. The molecular formula is C59H111NO5. The molecule has 65 heavy (non-hydrogen) atoms. The van der Waals surface area contributed by atoms with Crippen LogP contribution in [0.3, 0.4) is 0 Å². The molecule has 2 unspecified atom stereocenters. The van der Waals surface area contributed by atoms with Gasteiger partial charge in [0, 0.05) is 12.8 Å². The first-order chi connectivity index (χ1) is 32.0. The SMILES string of the molecule is CCCCC/C=C\C/C=C\CCCCCCCCCC(=O)OCCCCCC/C=C\CCCC(=O)NC(CO)C(O)CCCCCCCCCCCCCCCCCCCCCCCC. The average Bonchev–Trinajstić information content (AvgIpc) is 3.31. The van der Waals surface area contributed by atoms with Gasteiger partial charge in [-0.2, -0.15) is 0 Å². The maximum Gasteiger partial charge on any atom is 0.305 e. The molecule has 0 spiro atoms. The normalized spacial score (nSPS) is 12.9. The lowest BCUT2D eigenvalue weighted by Gasteiger charge is -2.22. The van der Waals surface area contributed by atoms with Crippen LogP contribution in [0.5, 0.6) is 0 Å². The lowest BCUT2D eigenvalue weighted by molar-refractivity contribution is -0.143. The second kappa shape index (κ2) is 54.7. The molecule has 2 atom stereocenters. The van der Waals surface area contributed by atoms with Crippen LogP contribution in [0.4, 0.5) is 0 Å². The first-order valence-electron chi connectivity index (χ1n) is 28.7. The molecule has 0 heterocycles. The molecule has 1 amide bonds. The minimum absolute atomic E-state index is 0.0429. The molecular weight excluding hydrogens is 803 g/mol. The number of carbonyl (C=O) groups is 2. The highest BCUT2D eigenvalue weighted by molar-refractivity contribution is 5.76. The van der Waals surface area contributed by atoms with Gasteiger partial charge in [0.1, 0.15) is 0 Å². The third kappa shape index (κ3) is 51.3. The highest BCUT2D eigenvalue weighted by Gasteiger charge is 2.20. The molecule has 0 saturated heterocycles. The lowest BCUT2D eigenvalue weighted by Crippen LogP contribution is -2.45. The van der Waals surface area contributed by atoms with Gasteiger partial charge in [0.15, 0.2) is 0 Å². The number of hydrogen-bond donors (Lipinski definition) is 3. The van der Waals surface area contributed by atoms with E-state index in [2.05, 4.69) is 55.6 Å². The van der Waals surface area contributed by atoms with Crippen LogP contribution in [0.1, 0.15) is 303 Å². The van der Waals surface area contributed by atoms with Gasteiger partial charge in [-0.1, -0.05) is 249 Å². The maximum absolute atomic E-state index is 12.5. The van der Waals surface area contributed by atoms with E-state index < -0.39 is 12.1 Å². The van der Waals surface area contributed by atoms with Crippen molar-refractivity contribution in [2.24, 2.45) is 0 Å². The second-order valence-corrected chi connectivity index (χ2v) is 19.6. The van der Waals surface area contributed by atoms with Gasteiger partial charge in [0.2, 0.25) is 5.91 Å². The molecule has 0 aliphatic heterocycles. The molecule has 382 valence electrons. The molecule has 0 bridgehead atoms. The van der Waals surface area contributed by atoms with Crippen LogP contribution in [0.15, 0.2) is 36.5 Å². The van der Waals surface area contributed by atoms with E-state index in [1.807, 2.05) is 0 Å². The van der Waals surface area contributed by atoms with Crippen molar-refractivity contribution in [3.63, 3.8) is 0 Å². The third-order valence-electron chi connectivity index (χ3n) is 13.2. The first-order valence-corrected chi connectivity index (χ1v) is 28.7. The molecule has 3 N–H and O–H groups in total. The van der Waals surface area contributed by atoms with Crippen molar-refractivity contribution in [1.29, 1.82) is 0 Å². The Hall–Kier alpha value is -1.92. The highest BCUT2D eigenvalue weighted by atomic mass is 16.5. The Morgan fingerprint density at radius 2 is 0.785 bits per heavy atom. The summed E-state index contributed by atoms with van der Waals surface area (Å²) >= 11 is 0. The minimum Gasteiger partial charge on any atom is -0.466 e. The number of unbranched alkanes of at least 4 members (excludes halogenated alkanes) is 36. The number of esters is 1. The third-order valence-corrected chi connectivity index (χ3v) is 13.2. The molecule has 0 aliphatic rings. The van der Waals surface area contributed by atoms with Gasteiger partial charge in [-0.3, -0.25) is 9.59 Å². The molecule has 0 aromatic carbocycles. The van der Waals surface area contributed by atoms with Gasteiger partial charge < -0.3 is 20.3 Å². The van der Waals surface area contributed by atoms with Crippen LogP contribution in [-0.4, -0.2) is 47.4 Å². The number of amides is 1. The van der Waals surface area contributed by atoms with Crippen LogP contribution in [0, 0.1) is 0 Å². The molecule has 0 fully saturated rings. The smallest absolute Gasteiger partial charge is 0.305 e. The zero-order valence-corrected chi connectivity index (χ0v) is 43.5. The number of ether oxygens (including phenoxy) is 1. The van der Waals surface area contributed by atoms with Crippen molar-refractivity contribution < 1.29 is 24.5 Å². The number of carbonyl (C=O) groups excluding carboxylic acids is 2. The lowest BCUT2D eigenvalue weighted by atomic mass is 10.0. The van der Waals surface area contributed by atoms with Crippen molar-refractivity contribution in [1.82, 2.24) is 5.32 Å². The van der Waals surface area contributed by atoms with E-state index in [0.717, 1.165) is 77.0 Å². The summed E-state index contributed by atoms with van der Waals surface area (Å²) in [6.07, 6.45) is 67.1. The monoisotopic (exact) mass is 914 g/mol. The van der Waals surface area contributed by atoms with E-state index in [4.69, 9.17) is 4.74 Å². The fourth-order valence-electron chi connectivity index (χ4n) is 8.73. The summed E-state index contributed by atoms with van der Waals surface area (Å²) in [4.78, 5) is 24.5. The predicted octanol–water partition coefficient (Wildman–Crippen LogP) is 17.6. The van der Waals surface area contributed by atoms with Crippen molar-refractivity contribution >= 4 is 11.9 Å². The van der Waals surface area contributed by atoms with Gasteiger partial charge in [0.05, 0.1) is 25.4 Å².